The molecule has 12 N–H and O–H groups in total. The van der Waals surface area contributed by atoms with Crippen molar-refractivity contribution in [1.82, 2.24) is 9.78 Å². The Kier molecular flexibility index (Phi) is 16.0. The molecule has 0 spiro atoms. The largest absolute Gasteiger partial charge is 0.505 e. The van der Waals surface area contributed by atoms with E-state index in [2.05, 4.69) is 46.0 Å². The number of aliphatic hydroxyl groups is 1. The van der Waals surface area contributed by atoms with Gasteiger partial charge in [-0.3, -0.25) is 37.4 Å². The summed E-state index contributed by atoms with van der Waals surface area (Å²) in [5, 5.41) is 86.1. The lowest BCUT2D eigenvalue weighted by molar-refractivity contribution is -0.385. The average molecular weight is 1290 g/mol. The van der Waals surface area contributed by atoms with Crippen molar-refractivity contribution in [3.8, 4) is 23.1 Å². The Morgan fingerprint density at radius 3 is 1.60 bits per heavy atom. The zero-order valence-corrected chi connectivity index (χ0v) is 46.4. The molecule has 0 bridgehead atoms. The SMILES string of the molecule is Cc1nn(-c2ccc(S(=O)(=O)O)cc2)c(O)c1N=Nc1cc(N=Nc2c(S(=O)(=O)O)cc3c(S(=O)(=O)O)c(N=Nc4cc(S(=O)(=O)O)c5ccc(N=Nc6ccc([N+](=O)[O-])cc6S(=O)(=O)O)c(O)c5c4N)ccc3c2O)c(CO)cc1S(=O)(=O)O. The molecule has 85 heavy (non-hydrogen) atoms. The number of hydrogen-bond acceptors (Lipinski definition) is 28. The Hall–Kier alpha value is -9.31. The summed E-state index contributed by atoms with van der Waals surface area (Å²) in [5.74, 6) is -3.17. The fraction of sp³-hybridized carbons (Fsp3) is 0.0465. The van der Waals surface area contributed by atoms with Crippen LogP contribution in [0, 0.1) is 17.0 Å². The van der Waals surface area contributed by atoms with Gasteiger partial charge in [-0.1, -0.05) is 6.07 Å². The van der Waals surface area contributed by atoms with Crippen LogP contribution in [0.3, 0.4) is 0 Å². The Balaban J connectivity index is 1.23. The second-order valence-electron chi connectivity index (χ2n) is 17.1. The molecule has 0 aliphatic rings. The minimum Gasteiger partial charge on any atom is -0.505 e. The lowest BCUT2D eigenvalue weighted by Gasteiger charge is -2.13. The molecule has 444 valence electrons. The zero-order valence-electron chi connectivity index (χ0n) is 41.5. The molecule has 8 aromatic rings. The van der Waals surface area contributed by atoms with Gasteiger partial charge in [0.05, 0.1) is 44.6 Å². The van der Waals surface area contributed by atoms with E-state index >= 15 is 0 Å². The van der Waals surface area contributed by atoms with E-state index in [9.17, 15) is 108 Å². The van der Waals surface area contributed by atoms with E-state index in [0.717, 1.165) is 59.3 Å². The summed E-state index contributed by atoms with van der Waals surface area (Å²) in [6.45, 7) is 0.175. The van der Waals surface area contributed by atoms with E-state index in [1.54, 1.807) is 0 Å². The van der Waals surface area contributed by atoms with Crippen LogP contribution in [-0.2, 0) is 67.3 Å². The predicted octanol–water partition coefficient (Wildman–Crippen LogP) is 7.73. The fourth-order valence-electron chi connectivity index (χ4n) is 7.86. The van der Waals surface area contributed by atoms with Crippen molar-refractivity contribution in [1.29, 1.82) is 0 Å². The zero-order chi connectivity index (χ0) is 62.8. The smallest absolute Gasteiger partial charge is 0.297 e. The maximum absolute atomic E-state index is 13.1. The maximum Gasteiger partial charge on any atom is 0.297 e. The third-order valence-corrected chi connectivity index (χ3v) is 17.0. The Labute approximate surface area is 474 Å². The highest BCUT2D eigenvalue weighted by Crippen LogP contribution is 2.49. The number of nitrogen functional groups attached to an aromatic ring is 1. The highest BCUT2D eigenvalue weighted by atomic mass is 32.2. The highest BCUT2D eigenvalue weighted by Gasteiger charge is 2.30. The first kappa shape index (κ1) is 61.8. The number of benzene rings is 7. The van der Waals surface area contributed by atoms with Gasteiger partial charge in [0.25, 0.3) is 66.4 Å². The summed E-state index contributed by atoms with van der Waals surface area (Å²) < 4.78 is 211. The molecule has 0 aliphatic carbocycles. The number of fused-ring (bicyclic) bond motifs is 2. The molecule has 1 heterocycles. The number of nitro groups is 1. The second-order valence-corrected chi connectivity index (χ2v) is 25.4. The van der Waals surface area contributed by atoms with Crippen molar-refractivity contribution >= 4 is 139 Å². The molecule has 42 heteroatoms. The molecule has 36 nitrogen and oxygen atoms in total. The van der Waals surface area contributed by atoms with Crippen LogP contribution in [0.15, 0.2) is 161 Å². The number of hydrogen-bond donors (Lipinski definition) is 11. The molecule has 0 saturated heterocycles. The highest BCUT2D eigenvalue weighted by molar-refractivity contribution is 7.87. The van der Waals surface area contributed by atoms with E-state index in [-0.39, 0.29) is 11.4 Å². The normalized spacial score (nSPS) is 13.2. The van der Waals surface area contributed by atoms with Gasteiger partial charge in [-0.15, -0.1) is 40.9 Å². The van der Waals surface area contributed by atoms with Crippen LogP contribution in [0.4, 0.5) is 56.9 Å². The molecule has 0 unspecified atom stereocenters. The van der Waals surface area contributed by atoms with E-state index in [1.165, 1.54) is 6.92 Å². The number of aromatic nitrogens is 2. The van der Waals surface area contributed by atoms with Crippen LogP contribution in [0.2, 0.25) is 0 Å². The summed E-state index contributed by atoms with van der Waals surface area (Å²) in [5.41, 5.74) is -2.09. The van der Waals surface area contributed by atoms with Gasteiger partial charge in [0, 0.05) is 33.9 Å². The topological polar surface area (TPSA) is 593 Å². The second kappa shape index (κ2) is 22.0. The standard InChI is InChI=1S/C43H32N12O24S6/c1-18-38(43(59)54(53-18)20-2-5-22(6-3-20)80(62,63)64)51-49-30-15-29(19(17-56)12-33(30)82(68,69)70)48-52-39-35(84(74,75)76)14-25-23(40(39)57)7-11-28(42(25)85(77,78)79)47-50-31-16-32(81(65,66)67)24-8-10-27(41(58)36(24)37(31)44)46-45-26-9-4-21(55(60)61)13-34(26)83(71,72)73/h2-16,56-59H,17,44H2,1H3,(H,62,63,64)(H,65,66,67)(H,68,69,70)(H,71,72,73)(H,74,75,76)(H,77,78,79). The number of aliphatic hydroxyl groups excluding tert-OH is 1. The van der Waals surface area contributed by atoms with Crippen LogP contribution in [0.1, 0.15) is 11.3 Å². The van der Waals surface area contributed by atoms with Crippen molar-refractivity contribution in [2.75, 3.05) is 5.73 Å². The van der Waals surface area contributed by atoms with Crippen molar-refractivity contribution in [2.45, 2.75) is 42.9 Å². The van der Waals surface area contributed by atoms with Gasteiger partial charge in [0.2, 0.25) is 5.88 Å². The molecule has 0 atom stereocenters. The molecule has 0 aliphatic heterocycles. The van der Waals surface area contributed by atoms with Crippen LogP contribution >= 0.6 is 0 Å². The number of nitrogens with two attached hydrogens (primary N) is 1. The van der Waals surface area contributed by atoms with E-state index < -0.39 is 203 Å². The Morgan fingerprint density at radius 1 is 0.506 bits per heavy atom. The third-order valence-electron chi connectivity index (χ3n) is 11.7. The third kappa shape index (κ3) is 12.5. The number of aryl methyl sites for hydroxylation is 1. The number of phenolic OH excluding ortho intramolecular Hbond substituents is 2. The number of aromatic hydroxyl groups is 3. The molecular weight excluding hydrogens is 1260 g/mol. The van der Waals surface area contributed by atoms with Crippen molar-refractivity contribution < 1.29 is 103 Å². The number of non-ortho nitro benzene ring substituents is 1. The lowest BCUT2D eigenvalue weighted by atomic mass is 10.1. The number of rotatable bonds is 17. The molecule has 0 amide bonds. The first-order valence-corrected chi connectivity index (χ1v) is 30.8. The van der Waals surface area contributed by atoms with Crippen LogP contribution in [-0.4, -0.2) is 113 Å². The number of nitrogens with zero attached hydrogens (tertiary/aromatic N) is 11. The van der Waals surface area contributed by atoms with E-state index in [4.69, 9.17) is 5.73 Å². The Bertz CT molecular complexity index is 5080. The van der Waals surface area contributed by atoms with Gasteiger partial charge in [-0.25, -0.2) is 0 Å². The number of nitro benzene ring substituents is 1. The minimum atomic E-state index is -5.71. The van der Waals surface area contributed by atoms with Crippen molar-refractivity contribution in [3.05, 3.63) is 112 Å². The molecule has 7 aromatic carbocycles. The van der Waals surface area contributed by atoms with Gasteiger partial charge in [-0.2, -0.15) is 60.3 Å². The van der Waals surface area contributed by atoms with Gasteiger partial charge in [0.15, 0.2) is 17.2 Å². The Morgan fingerprint density at radius 2 is 1.02 bits per heavy atom. The average Bonchev–Trinajstić information content (AvgIpc) is 3.32. The minimum absolute atomic E-state index is 0.0185. The van der Waals surface area contributed by atoms with E-state index in [1.807, 2.05) is 0 Å². The first-order chi connectivity index (χ1) is 39.3. The molecule has 0 radical (unpaired) electrons. The van der Waals surface area contributed by atoms with Gasteiger partial charge < -0.3 is 26.2 Å². The molecule has 8 rings (SSSR count). The quantitative estimate of drug-likeness (QED) is 0.0136. The molecule has 0 saturated carbocycles. The van der Waals surface area contributed by atoms with Crippen molar-refractivity contribution in [2.24, 2.45) is 40.9 Å². The molecular formula is C43H32N12O24S6. The number of azo groups is 4. The van der Waals surface area contributed by atoms with Crippen molar-refractivity contribution in [3.63, 3.8) is 0 Å². The fourth-order valence-corrected chi connectivity index (χ4v) is 11.8. The summed E-state index contributed by atoms with van der Waals surface area (Å²) in [7, 11) is -31.8. The number of anilines is 1. The van der Waals surface area contributed by atoms with Crippen LogP contribution in [0.5, 0.6) is 17.4 Å². The summed E-state index contributed by atoms with van der Waals surface area (Å²) >= 11 is 0. The summed E-state index contributed by atoms with van der Waals surface area (Å²) in [6.07, 6.45) is 0. The predicted molar refractivity (Wildman–Crippen MR) is 287 cm³/mol. The molecule has 0 fully saturated rings. The lowest BCUT2D eigenvalue weighted by Crippen LogP contribution is -2.03. The first-order valence-electron chi connectivity index (χ1n) is 22.2. The maximum atomic E-state index is 13.1. The summed E-state index contributed by atoms with van der Waals surface area (Å²) in [6, 6.07) is 11.7. The van der Waals surface area contributed by atoms with Gasteiger partial charge in [-0.05, 0) is 79.7 Å². The number of phenols is 2. The monoisotopic (exact) mass is 1290 g/mol. The van der Waals surface area contributed by atoms with Gasteiger partial charge in [0.1, 0.15) is 58.6 Å². The van der Waals surface area contributed by atoms with E-state index in [0.29, 0.717) is 36.4 Å². The van der Waals surface area contributed by atoms with Gasteiger partial charge >= 0.3 is 0 Å². The van der Waals surface area contributed by atoms with Crippen LogP contribution in [0.25, 0.3) is 27.2 Å². The summed E-state index contributed by atoms with van der Waals surface area (Å²) in [4.78, 5) is 3.64. The molecule has 1 aromatic heterocycles. The van der Waals surface area contributed by atoms with Crippen LogP contribution < -0.4 is 5.73 Å².